The fraction of sp³-hybridized carbons (Fsp3) is 0.316. The molecule has 1 N–H and O–H groups in total. The Hall–Kier alpha value is -1.17. The number of carboxylic acid groups (broad SMARTS) is 1. The first kappa shape index (κ1) is 17.6. The smallest absolute Gasteiger partial charge is 0.307 e. The molecular weight excluding hydrogens is 434 g/mol. The van der Waals surface area contributed by atoms with Crippen LogP contribution in [0.3, 0.4) is 0 Å². The number of nitrogens with zero attached hydrogens (tertiary/aromatic N) is 1. The van der Waals surface area contributed by atoms with Crippen molar-refractivity contribution in [3.63, 3.8) is 0 Å². The maximum atomic E-state index is 11.5. The van der Waals surface area contributed by atoms with E-state index in [9.17, 15) is 9.90 Å². The third kappa shape index (κ3) is 3.73. The van der Waals surface area contributed by atoms with Crippen LogP contribution in [0.1, 0.15) is 30.0 Å². The Kier molecular flexibility index (Phi) is 5.74. The molecular formula is C19H19Br2NO2. The van der Waals surface area contributed by atoms with Gasteiger partial charge < -0.3 is 5.11 Å². The summed E-state index contributed by atoms with van der Waals surface area (Å²) in [7, 11) is 0. The number of benzene rings is 2. The summed E-state index contributed by atoms with van der Waals surface area (Å²) in [5.41, 5.74) is 2.32. The van der Waals surface area contributed by atoms with Crippen molar-refractivity contribution in [2.45, 2.75) is 18.9 Å². The first-order valence-electron chi connectivity index (χ1n) is 8.03. The lowest BCUT2D eigenvalue weighted by Gasteiger charge is -2.38. The molecule has 0 saturated carbocycles. The predicted octanol–water partition coefficient (Wildman–Crippen LogP) is 5.10. The number of piperidine rings is 1. The molecule has 0 radical (unpaired) electrons. The van der Waals surface area contributed by atoms with Gasteiger partial charge in [-0.2, -0.15) is 0 Å². The number of halogens is 2. The van der Waals surface area contributed by atoms with E-state index in [1.807, 2.05) is 36.4 Å². The number of rotatable bonds is 4. The molecule has 1 heterocycles. The van der Waals surface area contributed by atoms with Gasteiger partial charge in [-0.05, 0) is 42.6 Å². The summed E-state index contributed by atoms with van der Waals surface area (Å²) in [5.74, 6) is -0.996. The van der Waals surface area contributed by atoms with Gasteiger partial charge in [-0.25, -0.2) is 0 Å². The Morgan fingerprint density at radius 2 is 1.58 bits per heavy atom. The van der Waals surface area contributed by atoms with Crippen LogP contribution in [0.25, 0.3) is 0 Å². The summed E-state index contributed by atoms with van der Waals surface area (Å²) in [6.07, 6.45) is 1.66. The second-order valence-corrected chi connectivity index (χ2v) is 7.83. The molecule has 0 aromatic heterocycles. The number of carbonyl (C=O) groups is 1. The first-order chi connectivity index (χ1) is 11.6. The van der Waals surface area contributed by atoms with Crippen molar-refractivity contribution in [3.05, 3.63) is 68.6 Å². The van der Waals surface area contributed by atoms with Crippen molar-refractivity contribution >= 4 is 37.8 Å². The highest BCUT2D eigenvalue weighted by molar-refractivity contribution is 9.10. The Morgan fingerprint density at radius 3 is 2.08 bits per heavy atom. The molecule has 3 rings (SSSR count). The number of hydrogen-bond donors (Lipinski definition) is 1. The minimum Gasteiger partial charge on any atom is -0.481 e. The molecule has 0 aliphatic carbocycles. The molecule has 126 valence electrons. The highest BCUT2D eigenvalue weighted by Gasteiger charge is 2.32. The minimum atomic E-state index is -0.697. The Morgan fingerprint density at radius 1 is 1.04 bits per heavy atom. The molecule has 1 saturated heterocycles. The largest absolute Gasteiger partial charge is 0.481 e. The topological polar surface area (TPSA) is 40.5 Å². The van der Waals surface area contributed by atoms with Crippen molar-refractivity contribution in [2.24, 2.45) is 5.92 Å². The van der Waals surface area contributed by atoms with Crippen molar-refractivity contribution in [1.29, 1.82) is 0 Å². The summed E-state index contributed by atoms with van der Waals surface area (Å²) >= 11 is 7.34. The van der Waals surface area contributed by atoms with Crippen LogP contribution >= 0.6 is 31.9 Å². The highest BCUT2D eigenvalue weighted by Crippen LogP contribution is 2.38. The van der Waals surface area contributed by atoms with Crippen LogP contribution in [0.15, 0.2) is 57.5 Å². The zero-order chi connectivity index (χ0) is 17.1. The normalized spacial score (nSPS) is 18.7. The second-order valence-electron chi connectivity index (χ2n) is 6.12. The molecule has 1 aliphatic heterocycles. The van der Waals surface area contributed by atoms with Gasteiger partial charge in [0.2, 0.25) is 0 Å². The molecule has 2 aromatic rings. The second kappa shape index (κ2) is 7.81. The van der Waals surface area contributed by atoms with Crippen LogP contribution in [-0.2, 0) is 4.79 Å². The van der Waals surface area contributed by atoms with Crippen molar-refractivity contribution in [2.75, 3.05) is 13.1 Å². The third-order valence-corrected chi connectivity index (χ3v) is 6.01. The molecule has 0 spiro atoms. The van der Waals surface area contributed by atoms with Crippen LogP contribution < -0.4 is 0 Å². The van der Waals surface area contributed by atoms with E-state index in [-0.39, 0.29) is 12.0 Å². The van der Waals surface area contributed by atoms with Crippen molar-refractivity contribution in [3.8, 4) is 0 Å². The summed E-state index contributed by atoms with van der Waals surface area (Å²) in [5, 5.41) is 9.44. The summed E-state index contributed by atoms with van der Waals surface area (Å²) in [6, 6.07) is 16.4. The monoisotopic (exact) mass is 451 g/mol. The number of carboxylic acids is 1. The first-order valence-corrected chi connectivity index (χ1v) is 9.62. The lowest BCUT2D eigenvalue weighted by Crippen LogP contribution is -2.41. The fourth-order valence-electron chi connectivity index (χ4n) is 3.40. The van der Waals surface area contributed by atoms with Crippen LogP contribution in [0.2, 0.25) is 0 Å². The molecule has 3 nitrogen and oxygen atoms in total. The fourth-order valence-corrected chi connectivity index (χ4v) is 4.40. The van der Waals surface area contributed by atoms with Crippen LogP contribution in [0, 0.1) is 5.92 Å². The van der Waals surface area contributed by atoms with E-state index in [2.05, 4.69) is 48.9 Å². The van der Waals surface area contributed by atoms with Gasteiger partial charge in [0.1, 0.15) is 0 Å². The molecule has 5 heteroatoms. The molecule has 1 atom stereocenters. The Bertz CT molecular complexity index is 689. The van der Waals surface area contributed by atoms with E-state index in [4.69, 9.17) is 0 Å². The zero-order valence-electron chi connectivity index (χ0n) is 13.2. The standard InChI is InChI=1S/C19H19Br2NO2/c20-16-9-3-1-7-14(16)18(15-8-2-4-10-17(15)21)22-11-5-6-13(12-22)19(23)24/h1-4,7-10,13,18H,5-6,11-12H2,(H,23,24). The number of hydrogen-bond acceptors (Lipinski definition) is 2. The van der Waals surface area contributed by atoms with E-state index in [1.54, 1.807) is 0 Å². The summed E-state index contributed by atoms with van der Waals surface area (Å²) in [6.45, 7) is 1.47. The SMILES string of the molecule is O=C(O)C1CCCN(C(c2ccccc2Br)c2ccccc2Br)C1. The molecule has 2 aromatic carbocycles. The van der Waals surface area contributed by atoms with E-state index in [0.717, 1.165) is 39.5 Å². The van der Waals surface area contributed by atoms with Gasteiger partial charge in [-0.1, -0.05) is 68.3 Å². The molecule has 0 bridgehead atoms. The average molecular weight is 453 g/mol. The molecule has 0 amide bonds. The van der Waals surface area contributed by atoms with Gasteiger partial charge in [-0.15, -0.1) is 0 Å². The van der Waals surface area contributed by atoms with Crippen LogP contribution in [0.5, 0.6) is 0 Å². The average Bonchev–Trinajstić information content (AvgIpc) is 2.59. The van der Waals surface area contributed by atoms with Gasteiger partial charge in [0.05, 0.1) is 12.0 Å². The predicted molar refractivity (Wildman–Crippen MR) is 102 cm³/mol. The third-order valence-electron chi connectivity index (χ3n) is 4.57. The van der Waals surface area contributed by atoms with Crippen molar-refractivity contribution in [1.82, 2.24) is 4.90 Å². The Labute approximate surface area is 158 Å². The summed E-state index contributed by atoms with van der Waals surface area (Å²) < 4.78 is 2.09. The maximum Gasteiger partial charge on any atom is 0.307 e. The van der Waals surface area contributed by atoms with Gasteiger partial charge in [0.15, 0.2) is 0 Å². The van der Waals surface area contributed by atoms with Gasteiger partial charge in [0.25, 0.3) is 0 Å². The molecule has 24 heavy (non-hydrogen) atoms. The number of aliphatic carboxylic acids is 1. The van der Waals surface area contributed by atoms with Gasteiger partial charge >= 0.3 is 5.97 Å². The molecule has 1 aliphatic rings. The Balaban J connectivity index is 2.04. The van der Waals surface area contributed by atoms with Gasteiger partial charge in [-0.3, -0.25) is 9.69 Å². The van der Waals surface area contributed by atoms with E-state index >= 15 is 0 Å². The maximum absolute atomic E-state index is 11.5. The zero-order valence-corrected chi connectivity index (χ0v) is 16.3. The molecule has 1 fully saturated rings. The van der Waals surface area contributed by atoms with Crippen LogP contribution in [-0.4, -0.2) is 29.1 Å². The van der Waals surface area contributed by atoms with Gasteiger partial charge in [0, 0.05) is 15.5 Å². The molecule has 1 unspecified atom stereocenters. The van der Waals surface area contributed by atoms with E-state index < -0.39 is 5.97 Å². The quantitative estimate of drug-likeness (QED) is 0.701. The van der Waals surface area contributed by atoms with Crippen LogP contribution in [0.4, 0.5) is 0 Å². The number of likely N-dealkylation sites (tertiary alicyclic amines) is 1. The van der Waals surface area contributed by atoms with Crippen molar-refractivity contribution < 1.29 is 9.90 Å². The lowest BCUT2D eigenvalue weighted by atomic mass is 9.91. The lowest BCUT2D eigenvalue weighted by molar-refractivity contribution is -0.143. The van der Waals surface area contributed by atoms with E-state index in [1.165, 1.54) is 0 Å². The summed E-state index contributed by atoms with van der Waals surface area (Å²) in [4.78, 5) is 13.8. The van der Waals surface area contributed by atoms with E-state index in [0.29, 0.717) is 6.54 Å². The minimum absolute atomic E-state index is 0.0262. The highest BCUT2D eigenvalue weighted by atomic mass is 79.9.